The topological polar surface area (TPSA) is 3.24 Å². The van der Waals surface area contributed by atoms with Gasteiger partial charge in [-0.3, -0.25) is 4.70 Å². The fourth-order valence-corrected chi connectivity index (χ4v) is 2.37. The summed E-state index contributed by atoms with van der Waals surface area (Å²) in [5, 5.41) is 0. The van der Waals surface area contributed by atoms with Crippen molar-refractivity contribution in [2.75, 3.05) is 25.4 Å². The predicted octanol–water partition coefficient (Wildman–Crippen LogP) is 1.94. The van der Waals surface area contributed by atoms with Gasteiger partial charge in [0, 0.05) is 6.54 Å². The number of nitrogens with zero attached hydrogens (tertiary/aromatic N) is 1. The first kappa shape index (κ1) is 10.3. The van der Waals surface area contributed by atoms with E-state index in [1.165, 1.54) is 45.3 Å². The van der Waals surface area contributed by atoms with Gasteiger partial charge >= 0.3 is 0 Å². The molecule has 0 N–H and O–H groups in total. The summed E-state index contributed by atoms with van der Waals surface area (Å²) < 4.78 is 0. The standard InChI is InChI=1S/C9H17NS.FH/c11-8-9(3-4-9)7-10-5-1-2-6-10;/h11H,1-8H2;1H. The largest absolute Gasteiger partial charge is 0.303 e. The summed E-state index contributed by atoms with van der Waals surface area (Å²) in [5.74, 6) is 1.10. The summed E-state index contributed by atoms with van der Waals surface area (Å²) in [6, 6.07) is 0. The van der Waals surface area contributed by atoms with Crippen molar-refractivity contribution >= 4 is 12.6 Å². The Labute approximate surface area is 79.3 Å². The minimum absolute atomic E-state index is 0. The van der Waals surface area contributed by atoms with Gasteiger partial charge in [0.1, 0.15) is 0 Å². The normalized spacial score (nSPS) is 26.8. The highest BCUT2D eigenvalue weighted by Crippen LogP contribution is 2.47. The lowest BCUT2D eigenvalue weighted by Gasteiger charge is -2.20. The van der Waals surface area contributed by atoms with Crippen LogP contribution in [0.5, 0.6) is 0 Å². The molecule has 0 radical (unpaired) electrons. The van der Waals surface area contributed by atoms with Crippen LogP contribution >= 0.6 is 12.6 Å². The third-order valence-electron chi connectivity index (χ3n) is 3.05. The van der Waals surface area contributed by atoms with Gasteiger partial charge in [0.05, 0.1) is 0 Å². The molecule has 1 aliphatic carbocycles. The van der Waals surface area contributed by atoms with Crippen molar-refractivity contribution in [3.8, 4) is 0 Å². The molecule has 2 rings (SSSR count). The van der Waals surface area contributed by atoms with Crippen LogP contribution in [0.1, 0.15) is 25.7 Å². The molecule has 0 bridgehead atoms. The molecule has 1 aliphatic heterocycles. The molecule has 12 heavy (non-hydrogen) atoms. The fourth-order valence-electron chi connectivity index (χ4n) is 1.96. The van der Waals surface area contributed by atoms with Gasteiger partial charge in [-0.05, 0) is 49.9 Å². The van der Waals surface area contributed by atoms with E-state index in [1.54, 1.807) is 0 Å². The second-order valence-electron chi connectivity index (χ2n) is 4.14. The Bertz CT molecular complexity index is 141. The Morgan fingerprint density at radius 3 is 2.17 bits per heavy atom. The zero-order valence-electron chi connectivity index (χ0n) is 7.46. The second kappa shape index (κ2) is 3.97. The van der Waals surface area contributed by atoms with E-state index in [-0.39, 0.29) is 4.70 Å². The molecule has 72 valence electrons. The molecule has 2 aliphatic rings. The third kappa shape index (κ3) is 2.13. The van der Waals surface area contributed by atoms with E-state index >= 15 is 0 Å². The first-order chi connectivity index (χ1) is 5.35. The average molecular weight is 191 g/mol. The smallest absolute Gasteiger partial charge is 0.00458 e. The molecule has 1 nitrogen and oxygen atoms in total. The predicted molar refractivity (Wildman–Crippen MR) is 53.7 cm³/mol. The van der Waals surface area contributed by atoms with Crippen molar-refractivity contribution < 1.29 is 4.70 Å². The third-order valence-corrected chi connectivity index (χ3v) is 3.72. The number of hydrogen-bond donors (Lipinski definition) is 1. The van der Waals surface area contributed by atoms with Gasteiger partial charge in [-0.15, -0.1) is 0 Å². The second-order valence-corrected chi connectivity index (χ2v) is 4.46. The molecule has 1 heterocycles. The van der Waals surface area contributed by atoms with Gasteiger partial charge in [-0.25, -0.2) is 0 Å². The maximum atomic E-state index is 4.41. The Kier molecular flexibility index (Phi) is 3.41. The SMILES string of the molecule is F.SCC1(CN2CCCC2)CC1. The van der Waals surface area contributed by atoms with Crippen LogP contribution in [0.3, 0.4) is 0 Å². The van der Waals surface area contributed by atoms with Gasteiger partial charge in [0.2, 0.25) is 0 Å². The van der Waals surface area contributed by atoms with Gasteiger partial charge in [0.15, 0.2) is 0 Å². The van der Waals surface area contributed by atoms with E-state index in [9.17, 15) is 0 Å². The summed E-state index contributed by atoms with van der Waals surface area (Å²) in [5.41, 5.74) is 0.646. The van der Waals surface area contributed by atoms with Crippen molar-refractivity contribution in [3.05, 3.63) is 0 Å². The van der Waals surface area contributed by atoms with E-state index in [0.29, 0.717) is 5.41 Å². The molecule has 1 saturated heterocycles. The summed E-state index contributed by atoms with van der Waals surface area (Å²) in [7, 11) is 0. The maximum Gasteiger partial charge on any atom is 0.00458 e. The highest BCUT2D eigenvalue weighted by atomic mass is 32.1. The number of halogens is 1. The molecule has 0 aromatic heterocycles. The van der Waals surface area contributed by atoms with Crippen molar-refractivity contribution in [2.45, 2.75) is 25.7 Å². The summed E-state index contributed by atoms with van der Waals surface area (Å²) in [4.78, 5) is 2.61. The number of thiol groups is 1. The molecular formula is C9H18FNS. The van der Waals surface area contributed by atoms with E-state index in [0.717, 1.165) is 5.75 Å². The van der Waals surface area contributed by atoms with Crippen LogP contribution in [0.4, 0.5) is 4.70 Å². The van der Waals surface area contributed by atoms with Gasteiger partial charge in [-0.1, -0.05) is 0 Å². The number of likely N-dealkylation sites (tertiary alicyclic amines) is 1. The summed E-state index contributed by atoms with van der Waals surface area (Å²) >= 11 is 4.41. The Morgan fingerprint density at radius 2 is 1.75 bits per heavy atom. The number of rotatable bonds is 3. The summed E-state index contributed by atoms with van der Waals surface area (Å²) in [6.45, 7) is 4.02. The zero-order valence-corrected chi connectivity index (χ0v) is 8.35. The van der Waals surface area contributed by atoms with Crippen LogP contribution in [-0.4, -0.2) is 30.3 Å². The lowest BCUT2D eigenvalue weighted by molar-refractivity contribution is 0.279. The highest BCUT2D eigenvalue weighted by Gasteiger charge is 2.42. The fraction of sp³-hybridized carbons (Fsp3) is 1.00. The molecule has 0 atom stereocenters. The van der Waals surface area contributed by atoms with Crippen LogP contribution in [-0.2, 0) is 0 Å². The molecule has 0 amide bonds. The van der Waals surface area contributed by atoms with Crippen LogP contribution in [0.15, 0.2) is 0 Å². The average Bonchev–Trinajstić information content (AvgIpc) is 2.59. The summed E-state index contributed by atoms with van der Waals surface area (Å²) in [6.07, 6.45) is 5.69. The zero-order chi connectivity index (χ0) is 7.73. The van der Waals surface area contributed by atoms with E-state index in [4.69, 9.17) is 0 Å². The minimum Gasteiger partial charge on any atom is -0.303 e. The van der Waals surface area contributed by atoms with Crippen LogP contribution in [0, 0.1) is 5.41 Å². The first-order valence-electron chi connectivity index (χ1n) is 4.68. The molecule has 1 saturated carbocycles. The van der Waals surface area contributed by atoms with Gasteiger partial charge in [-0.2, -0.15) is 12.6 Å². The minimum atomic E-state index is 0. The lowest BCUT2D eigenvalue weighted by Crippen LogP contribution is -2.28. The Hall–Kier alpha value is 0.240. The van der Waals surface area contributed by atoms with Crippen molar-refractivity contribution in [2.24, 2.45) is 5.41 Å². The number of hydrogen-bond acceptors (Lipinski definition) is 2. The molecule has 0 spiro atoms. The molecule has 0 aromatic rings. The van der Waals surface area contributed by atoms with Crippen molar-refractivity contribution in [3.63, 3.8) is 0 Å². The van der Waals surface area contributed by atoms with E-state index in [2.05, 4.69) is 17.5 Å². The Morgan fingerprint density at radius 1 is 1.17 bits per heavy atom. The quantitative estimate of drug-likeness (QED) is 0.667. The van der Waals surface area contributed by atoms with Crippen molar-refractivity contribution in [1.82, 2.24) is 4.90 Å². The monoisotopic (exact) mass is 191 g/mol. The van der Waals surface area contributed by atoms with Crippen LogP contribution in [0.25, 0.3) is 0 Å². The van der Waals surface area contributed by atoms with Gasteiger partial charge < -0.3 is 4.90 Å². The van der Waals surface area contributed by atoms with Crippen LogP contribution in [0.2, 0.25) is 0 Å². The highest BCUT2D eigenvalue weighted by molar-refractivity contribution is 7.80. The maximum absolute atomic E-state index is 4.41. The van der Waals surface area contributed by atoms with E-state index in [1.807, 2.05) is 0 Å². The molecule has 3 heteroatoms. The lowest BCUT2D eigenvalue weighted by atomic mass is 10.1. The molecular weight excluding hydrogens is 173 g/mol. The van der Waals surface area contributed by atoms with Crippen LogP contribution < -0.4 is 0 Å². The van der Waals surface area contributed by atoms with E-state index < -0.39 is 0 Å². The molecule has 0 aromatic carbocycles. The Balaban J connectivity index is 0.000000720. The van der Waals surface area contributed by atoms with Gasteiger partial charge in [0.25, 0.3) is 0 Å². The molecule has 2 fully saturated rings. The van der Waals surface area contributed by atoms with Crippen molar-refractivity contribution in [1.29, 1.82) is 0 Å². The molecule has 0 unspecified atom stereocenters. The first-order valence-corrected chi connectivity index (χ1v) is 5.31.